The normalized spacial score (nSPS) is 19.4. The lowest BCUT2D eigenvalue weighted by atomic mass is 9.95. The van der Waals surface area contributed by atoms with Gasteiger partial charge < -0.3 is 20.5 Å². The van der Waals surface area contributed by atoms with Crippen LogP contribution in [-0.2, 0) is 16.9 Å². The molecular weight excluding hydrogens is 437 g/mol. The highest BCUT2D eigenvalue weighted by molar-refractivity contribution is 6.06. The van der Waals surface area contributed by atoms with E-state index >= 15 is 0 Å². The van der Waals surface area contributed by atoms with E-state index in [1.165, 1.54) is 0 Å². The predicted molar refractivity (Wildman–Crippen MR) is 123 cm³/mol. The van der Waals surface area contributed by atoms with Crippen molar-refractivity contribution in [2.75, 3.05) is 18.5 Å². The quantitative estimate of drug-likeness (QED) is 0.432. The van der Waals surface area contributed by atoms with Gasteiger partial charge in [-0.15, -0.1) is 0 Å². The molecule has 8 nitrogen and oxygen atoms in total. The third-order valence-electron chi connectivity index (χ3n) is 6.62. The molecule has 172 valence electrons. The van der Waals surface area contributed by atoms with Crippen LogP contribution in [0.1, 0.15) is 33.5 Å². The van der Waals surface area contributed by atoms with Gasteiger partial charge in [-0.25, -0.2) is 14.4 Å². The number of amides is 1. The van der Waals surface area contributed by atoms with Gasteiger partial charge in [0.25, 0.3) is 5.91 Å². The lowest BCUT2D eigenvalue weighted by Crippen LogP contribution is -2.25. The van der Waals surface area contributed by atoms with E-state index in [0.717, 1.165) is 11.1 Å². The van der Waals surface area contributed by atoms with Crippen molar-refractivity contribution in [1.82, 2.24) is 19.7 Å². The van der Waals surface area contributed by atoms with Gasteiger partial charge in [0.15, 0.2) is 11.5 Å². The summed E-state index contributed by atoms with van der Waals surface area (Å²) in [5.74, 6) is -0.00118. The van der Waals surface area contributed by atoms with Crippen molar-refractivity contribution in [3.05, 3.63) is 77.0 Å². The second-order valence-electron chi connectivity index (χ2n) is 8.74. The van der Waals surface area contributed by atoms with Crippen LogP contribution in [0.5, 0.6) is 0 Å². The Kier molecular flexibility index (Phi) is 4.65. The summed E-state index contributed by atoms with van der Waals surface area (Å²) in [6.07, 6.45) is 5.57. The molecule has 1 saturated heterocycles. The van der Waals surface area contributed by atoms with Gasteiger partial charge in [0.05, 0.1) is 29.7 Å². The molecule has 0 radical (unpaired) electrons. The zero-order chi connectivity index (χ0) is 23.4. The van der Waals surface area contributed by atoms with E-state index in [2.05, 4.69) is 20.6 Å². The van der Waals surface area contributed by atoms with Gasteiger partial charge in [-0.1, -0.05) is 12.1 Å². The lowest BCUT2D eigenvalue weighted by molar-refractivity contribution is 0.0229. The Morgan fingerprint density at radius 1 is 1.21 bits per heavy atom. The molecule has 34 heavy (non-hydrogen) atoms. The van der Waals surface area contributed by atoms with Gasteiger partial charge in [0, 0.05) is 43.1 Å². The minimum absolute atomic E-state index is 0.191. The molecule has 0 bridgehead atoms. The van der Waals surface area contributed by atoms with Crippen molar-refractivity contribution < 1.29 is 19.0 Å². The third kappa shape index (κ3) is 3.16. The minimum atomic E-state index is -1.01. The van der Waals surface area contributed by atoms with E-state index in [4.69, 9.17) is 4.74 Å². The van der Waals surface area contributed by atoms with Crippen LogP contribution in [0.3, 0.4) is 0 Å². The lowest BCUT2D eigenvalue weighted by Gasteiger charge is -2.20. The van der Waals surface area contributed by atoms with Gasteiger partial charge >= 0.3 is 0 Å². The van der Waals surface area contributed by atoms with Crippen LogP contribution in [0.2, 0.25) is 0 Å². The Bertz CT molecular complexity index is 1440. The van der Waals surface area contributed by atoms with E-state index in [9.17, 15) is 14.3 Å². The number of nitrogens with one attached hydrogen (secondary N) is 2. The molecule has 5 heterocycles. The SMILES string of the molecule is Cc1ccn2c(-c3ccc(Nc4ccc([C@@]5(O)CCOC5)cn4)c4c3CNC4=O)cnc2c1F. The highest BCUT2D eigenvalue weighted by Gasteiger charge is 2.34. The van der Waals surface area contributed by atoms with E-state index in [0.29, 0.717) is 53.5 Å². The summed E-state index contributed by atoms with van der Waals surface area (Å²) in [5.41, 5.74) is 3.93. The summed E-state index contributed by atoms with van der Waals surface area (Å²) in [6, 6.07) is 9.01. The van der Waals surface area contributed by atoms with Crippen molar-refractivity contribution in [3.63, 3.8) is 0 Å². The Morgan fingerprint density at radius 3 is 2.85 bits per heavy atom. The number of benzene rings is 1. The number of nitrogens with zero attached hydrogens (tertiary/aromatic N) is 3. The molecule has 0 saturated carbocycles. The number of halogens is 1. The van der Waals surface area contributed by atoms with Crippen molar-refractivity contribution >= 4 is 23.1 Å². The number of hydrogen-bond acceptors (Lipinski definition) is 6. The van der Waals surface area contributed by atoms with Crippen molar-refractivity contribution in [2.24, 2.45) is 0 Å². The number of anilines is 2. The number of imidazole rings is 1. The largest absolute Gasteiger partial charge is 0.383 e. The molecule has 9 heteroatoms. The van der Waals surface area contributed by atoms with Crippen molar-refractivity contribution in [2.45, 2.75) is 25.5 Å². The molecule has 6 rings (SSSR count). The first kappa shape index (κ1) is 20.8. The standard InChI is InChI=1S/C25H22FN5O3/c1-14-6-8-31-19(12-28-23(31)22(14)26)16-3-4-18(21-17(16)11-29-24(21)32)30-20-5-2-15(10-27-20)25(33)7-9-34-13-25/h2-6,8,10,12,33H,7,9,11,13H2,1H3,(H,27,30)(H,29,32)/t25-/m1/s1. The molecule has 3 aromatic heterocycles. The number of carbonyl (C=O) groups excluding carboxylic acids is 1. The average molecular weight is 459 g/mol. The van der Waals surface area contributed by atoms with Crippen molar-refractivity contribution in [3.8, 4) is 11.3 Å². The van der Waals surface area contributed by atoms with Crippen LogP contribution < -0.4 is 10.6 Å². The van der Waals surface area contributed by atoms with Crippen LogP contribution in [0.25, 0.3) is 16.9 Å². The molecule has 3 N–H and O–H groups in total. The molecule has 1 atom stereocenters. The fraction of sp³-hybridized carbons (Fsp3) is 0.240. The molecule has 1 fully saturated rings. The van der Waals surface area contributed by atoms with Gasteiger partial charge in [0.2, 0.25) is 0 Å². The molecule has 2 aliphatic rings. The number of aryl methyl sites for hydroxylation is 1. The molecule has 2 aliphatic heterocycles. The maximum absolute atomic E-state index is 14.5. The Balaban J connectivity index is 1.37. The first-order chi connectivity index (χ1) is 16.4. The van der Waals surface area contributed by atoms with E-state index in [-0.39, 0.29) is 24.0 Å². The Hall–Kier alpha value is -3.82. The summed E-state index contributed by atoms with van der Waals surface area (Å²) in [7, 11) is 0. The highest BCUT2D eigenvalue weighted by atomic mass is 19.1. The van der Waals surface area contributed by atoms with E-state index in [1.807, 2.05) is 18.2 Å². The number of carbonyl (C=O) groups is 1. The van der Waals surface area contributed by atoms with Gasteiger partial charge in [-0.05, 0) is 36.2 Å². The van der Waals surface area contributed by atoms with Crippen LogP contribution in [-0.4, -0.2) is 38.6 Å². The summed E-state index contributed by atoms with van der Waals surface area (Å²) in [6.45, 7) is 2.83. The Morgan fingerprint density at radius 2 is 2.09 bits per heavy atom. The van der Waals surface area contributed by atoms with Crippen LogP contribution in [0.4, 0.5) is 15.9 Å². The third-order valence-corrected chi connectivity index (χ3v) is 6.62. The van der Waals surface area contributed by atoms with E-state index < -0.39 is 5.60 Å². The van der Waals surface area contributed by atoms with Crippen LogP contribution >= 0.6 is 0 Å². The average Bonchev–Trinajstić information content (AvgIpc) is 3.57. The number of pyridine rings is 2. The summed E-state index contributed by atoms with van der Waals surface area (Å²) in [4.78, 5) is 21.4. The predicted octanol–water partition coefficient (Wildman–Crippen LogP) is 3.44. The smallest absolute Gasteiger partial charge is 0.254 e. The van der Waals surface area contributed by atoms with Gasteiger partial charge in [-0.3, -0.25) is 9.20 Å². The molecule has 4 aromatic rings. The number of aromatic nitrogens is 3. The number of ether oxygens (including phenoxy) is 1. The van der Waals surface area contributed by atoms with Crippen LogP contribution in [0, 0.1) is 12.7 Å². The first-order valence-electron chi connectivity index (χ1n) is 11.0. The fourth-order valence-electron chi connectivity index (χ4n) is 4.66. The number of fused-ring (bicyclic) bond motifs is 2. The highest BCUT2D eigenvalue weighted by Crippen LogP contribution is 2.36. The maximum Gasteiger partial charge on any atom is 0.254 e. The molecule has 0 spiro atoms. The fourth-order valence-corrected chi connectivity index (χ4v) is 4.66. The number of aliphatic hydroxyl groups is 1. The zero-order valence-electron chi connectivity index (χ0n) is 18.4. The molecule has 1 aromatic carbocycles. The molecule has 1 amide bonds. The second-order valence-corrected chi connectivity index (χ2v) is 8.74. The summed E-state index contributed by atoms with van der Waals surface area (Å²) in [5, 5.41) is 16.8. The minimum Gasteiger partial charge on any atom is -0.383 e. The molecular formula is C25H22FN5O3. The van der Waals surface area contributed by atoms with E-state index in [1.54, 1.807) is 42.0 Å². The number of hydrogen-bond donors (Lipinski definition) is 3. The monoisotopic (exact) mass is 459 g/mol. The second kappa shape index (κ2) is 7.61. The number of rotatable bonds is 4. The van der Waals surface area contributed by atoms with Crippen LogP contribution in [0.15, 0.2) is 48.9 Å². The summed E-state index contributed by atoms with van der Waals surface area (Å²) >= 11 is 0. The first-order valence-corrected chi connectivity index (χ1v) is 11.0. The molecule has 0 unspecified atom stereocenters. The van der Waals surface area contributed by atoms with Crippen molar-refractivity contribution in [1.29, 1.82) is 0 Å². The summed E-state index contributed by atoms with van der Waals surface area (Å²) < 4.78 is 21.6. The van der Waals surface area contributed by atoms with Gasteiger partial charge in [-0.2, -0.15) is 0 Å². The molecule has 0 aliphatic carbocycles. The Labute approximate surface area is 194 Å². The van der Waals surface area contributed by atoms with Gasteiger partial charge in [0.1, 0.15) is 11.4 Å². The zero-order valence-corrected chi connectivity index (χ0v) is 18.4. The maximum atomic E-state index is 14.5. The topological polar surface area (TPSA) is 101 Å².